The topological polar surface area (TPSA) is 38.1 Å². The molecule has 3 rings (SSSR count). The van der Waals surface area contributed by atoms with Crippen LogP contribution in [0.4, 0.5) is 0 Å². The summed E-state index contributed by atoms with van der Waals surface area (Å²) in [7, 11) is 0. The Morgan fingerprint density at radius 3 is 2.48 bits per heavy atom. The number of nitrogens with zero attached hydrogens (tertiary/aromatic N) is 3. The number of hydrogen-bond donors (Lipinski definition) is 0. The highest BCUT2D eigenvalue weighted by atomic mass is 79.9. The van der Waals surface area contributed by atoms with Crippen molar-refractivity contribution in [1.29, 1.82) is 0 Å². The Kier molecular flexibility index (Phi) is 10.8. The number of para-hydroxylation sites is 1. The maximum absolute atomic E-state index is 13.2. The molecule has 0 N–H and O–H groups in total. The number of fused-ring (bicyclic) bond motifs is 1. The van der Waals surface area contributed by atoms with Crippen LogP contribution in [0.2, 0.25) is 0 Å². The van der Waals surface area contributed by atoms with E-state index in [4.69, 9.17) is 0 Å². The molecule has 0 atom stereocenters. The first kappa shape index (κ1) is 26.3. The molecule has 1 amide bonds. The van der Waals surface area contributed by atoms with Crippen LogP contribution >= 0.6 is 15.9 Å². The number of amides is 1. The highest BCUT2D eigenvalue weighted by Crippen LogP contribution is 2.24. The van der Waals surface area contributed by atoms with E-state index in [0.717, 1.165) is 28.6 Å². The van der Waals surface area contributed by atoms with Crippen molar-refractivity contribution >= 4 is 32.7 Å². The first-order valence-corrected chi connectivity index (χ1v) is 12.1. The van der Waals surface area contributed by atoms with Crippen molar-refractivity contribution in [1.82, 2.24) is 14.5 Å². The van der Waals surface area contributed by atoms with Crippen molar-refractivity contribution in [3.8, 4) is 0 Å². The number of aromatic nitrogens is 2. The van der Waals surface area contributed by atoms with Gasteiger partial charge in [-0.05, 0) is 62.0 Å². The summed E-state index contributed by atoms with van der Waals surface area (Å²) >= 11 is 3.07. The largest absolute Gasteiger partial charge is 0.343 e. The first-order valence-electron chi connectivity index (χ1n) is 11.2. The van der Waals surface area contributed by atoms with E-state index in [1.54, 1.807) is 12.4 Å². The fourth-order valence-corrected chi connectivity index (χ4v) is 3.63. The summed E-state index contributed by atoms with van der Waals surface area (Å²) in [5, 5.41) is 1.14. The molecule has 174 valence electrons. The molecule has 3 aromatic rings. The molecule has 33 heavy (non-hydrogen) atoms. The third-order valence-electron chi connectivity index (χ3n) is 5.21. The molecule has 0 bridgehead atoms. The predicted molar refractivity (Wildman–Crippen MR) is 143 cm³/mol. The van der Waals surface area contributed by atoms with Gasteiger partial charge in [-0.25, -0.2) is 0 Å². The van der Waals surface area contributed by atoms with E-state index in [1.165, 1.54) is 5.57 Å². The lowest BCUT2D eigenvalue weighted by Gasteiger charge is -2.27. The van der Waals surface area contributed by atoms with Crippen molar-refractivity contribution in [2.45, 2.75) is 53.2 Å². The molecular formula is C28H34BrN3O. The average molecular weight is 509 g/mol. The third kappa shape index (κ3) is 7.86. The number of carbonyl (C=O) groups is 1. The van der Waals surface area contributed by atoms with Crippen LogP contribution in [0, 0.1) is 0 Å². The zero-order chi connectivity index (χ0) is 24.2. The maximum atomic E-state index is 13.2. The van der Waals surface area contributed by atoms with Gasteiger partial charge in [-0.3, -0.25) is 9.78 Å². The van der Waals surface area contributed by atoms with Crippen molar-refractivity contribution in [2.75, 3.05) is 0 Å². The van der Waals surface area contributed by atoms with Gasteiger partial charge in [0.1, 0.15) is 0 Å². The minimum absolute atomic E-state index is 0.127. The molecule has 1 aromatic carbocycles. The molecule has 0 saturated carbocycles. The molecule has 0 spiro atoms. The Morgan fingerprint density at radius 2 is 1.88 bits per heavy atom. The Hall–Kier alpha value is -2.92. The first-order chi connectivity index (χ1) is 15.9. The lowest BCUT2D eigenvalue weighted by atomic mass is 10.1. The zero-order valence-corrected chi connectivity index (χ0v) is 21.6. The van der Waals surface area contributed by atoms with E-state index in [-0.39, 0.29) is 11.9 Å². The van der Waals surface area contributed by atoms with Gasteiger partial charge in [-0.2, -0.15) is 0 Å². The lowest BCUT2D eigenvalue weighted by Crippen LogP contribution is -2.37. The highest BCUT2D eigenvalue weighted by molar-refractivity contribution is 9.11. The summed E-state index contributed by atoms with van der Waals surface area (Å²) in [6, 6.07) is 12.3. The smallest absolute Gasteiger partial charge is 0.227 e. The molecule has 4 nitrogen and oxygen atoms in total. The van der Waals surface area contributed by atoms with E-state index in [0.29, 0.717) is 13.0 Å². The van der Waals surface area contributed by atoms with Gasteiger partial charge in [0.2, 0.25) is 5.91 Å². The van der Waals surface area contributed by atoms with Crippen molar-refractivity contribution in [3.05, 3.63) is 101 Å². The number of carbonyl (C=O) groups excluding carboxylic acids is 1. The van der Waals surface area contributed by atoms with Crippen LogP contribution in [-0.2, 0) is 24.3 Å². The van der Waals surface area contributed by atoms with E-state index in [2.05, 4.69) is 71.2 Å². The fraction of sp³-hybridized carbons (Fsp3) is 0.286. The van der Waals surface area contributed by atoms with Crippen LogP contribution in [0.1, 0.15) is 38.8 Å². The molecule has 0 aliphatic carbocycles. The number of halogens is 1. The summed E-state index contributed by atoms with van der Waals surface area (Å²) in [5.41, 5.74) is 4.53. The molecule has 0 saturated heterocycles. The Balaban J connectivity index is 0.000000890. The van der Waals surface area contributed by atoms with E-state index in [9.17, 15) is 4.79 Å². The van der Waals surface area contributed by atoms with Gasteiger partial charge in [0.25, 0.3) is 0 Å². The minimum atomic E-state index is 0.127. The summed E-state index contributed by atoms with van der Waals surface area (Å²) in [5.74, 6) is 0.137. The van der Waals surface area contributed by atoms with Crippen molar-refractivity contribution in [3.63, 3.8) is 0 Å². The van der Waals surface area contributed by atoms with Crippen LogP contribution in [0.5, 0.6) is 0 Å². The average Bonchev–Trinajstić information content (AvgIpc) is 3.15. The quantitative estimate of drug-likeness (QED) is 0.306. The number of allylic oxidation sites excluding steroid dienone is 4. The second-order valence-corrected chi connectivity index (χ2v) is 8.68. The van der Waals surface area contributed by atoms with Crippen LogP contribution in [0.3, 0.4) is 0 Å². The predicted octanol–water partition coefficient (Wildman–Crippen LogP) is 7.06. The monoisotopic (exact) mass is 507 g/mol. The molecule has 2 heterocycles. The SMILES string of the molecule is C/C=C/Br.C=C/C=C(\C)Cn1cc(CC(=O)N(Cc2ccncc2)C(C)C)c2ccccc21. The minimum Gasteiger partial charge on any atom is -0.343 e. The molecule has 2 aromatic heterocycles. The van der Waals surface area contributed by atoms with Crippen molar-refractivity contribution < 1.29 is 4.79 Å². The molecule has 0 aliphatic rings. The van der Waals surface area contributed by atoms with E-state index >= 15 is 0 Å². The van der Waals surface area contributed by atoms with Gasteiger partial charge in [0.05, 0.1) is 6.42 Å². The molecule has 0 fully saturated rings. The van der Waals surface area contributed by atoms with Crippen LogP contribution < -0.4 is 0 Å². The summed E-state index contributed by atoms with van der Waals surface area (Å²) < 4.78 is 2.22. The number of hydrogen-bond acceptors (Lipinski definition) is 2. The number of benzene rings is 1. The van der Waals surface area contributed by atoms with E-state index < -0.39 is 0 Å². The van der Waals surface area contributed by atoms with Crippen molar-refractivity contribution in [2.24, 2.45) is 0 Å². The lowest BCUT2D eigenvalue weighted by molar-refractivity contribution is -0.132. The summed E-state index contributed by atoms with van der Waals surface area (Å²) in [6.07, 6.45) is 11.8. The molecular weight excluding hydrogens is 474 g/mol. The molecule has 0 radical (unpaired) electrons. The van der Waals surface area contributed by atoms with Crippen LogP contribution in [-0.4, -0.2) is 26.4 Å². The summed E-state index contributed by atoms with van der Waals surface area (Å²) in [4.78, 5) is 21.0. The second-order valence-electron chi connectivity index (χ2n) is 8.16. The molecule has 5 heteroatoms. The van der Waals surface area contributed by atoms with Crippen LogP contribution in [0.15, 0.2) is 90.4 Å². The van der Waals surface area contributed by atoms with Gasteiger partial charge in [0.15, 0.2) is 0 Å². The highest BCUT2D eigenvalue weighted by Gasteiger charge is 2.20. The Morgan fingerprint density at radius 1 is 1.21 bits per heavy atom. The fourth-order valence-electron chi connectivity index (χ4n) is 3.63. The van der Waals surface area contributed by atoms with Gasteiger partial charge in [0, 0.05) is 48.6 Å². The second kappa shape index (κ2) is 13.6. The van der Waals surface area contributed by atoms with Gasteiger partial charge < -0.3 is 9.47 Å². The van der Waals surface area contributed by atoms with Crippen LogP contribution in [0.25, 0.3) is 10.9 Å². The molecule has 0 aliphatic heterocycles. The maximum Gasteiger partial charge on any atom is 0.227 e. The summed E-state index contributed by atoms with van der Waals surface area (Å²) in [6.45, 7) is 13.3. The molecule has 0 unspecified atom stereocenters. The van der Waals surface area contributed by atoms with Gasteiger partial charge >= 0.3 is 0 Å². The van der Waals surface area contributed by atoms with Gasteiger partial charge in [-0.1, -0.05) is 64.5 Å². The zero-order valence-electron chi connectivity index (χ0n) is 20.0. The Bertz CT molecular complexity index is 1090. The van der Waals surface area contributed by atoms with E-state index in [1.807, 2.05) is 59.3 Å². The number of pyridine rings is 1. The number of rotatable bonds is 8. The third-order valence-corrected chi connectivity index (χ3v) is 5.74. The van der Waals surface area contributed by atoms with Gasteiger partial charge in [-0.15, -0.1) is 0 Å². The normalized spacial score (nSPS) is 11.5. The Labute approximate surface area is 206 Å². The standard InChI is InChI=1S/C25H29N3O.C3H5Br/c1-5-8-20(4)16-27-18-22(23-9-6-7-10-24(23)27)15-25(29)28(19(2)3)17-21-11-13-26-14-12-21;1-2-3-4/h5-14,18-19H,1,15-17H2,2-4H3;2-3H,1H3/b20-8+;3-2+.